The number of carbonyl (C=O) groups excluding carboxylic acids is 1. The lowest BCUT2D eigenvalue weighted by atomic mass is 9.80. The number of nitrogens with two attached hydrogens (primary N) is 1. The first-order chi connectivity index (χ1) is 9.56. The molecule has 1 saturated carbocycles. The molecule has 1 aliphatic carbocycles. The summed E-state index contributed by atoms with van der Waals surface area (Å²) in [4.78, 5) is 12.0. The first-order valence-electron chi connectivity index (χ1n) is 7.43. The lowest BCUT2D eigenvalue weighted by Crippen LogP contribution is -2.42. The van der Waals surface area contributed by atoms with E-state index in [0.29, 0.717) is 18.4 Å². The van der Waals surface area contributed by atoms with Crippen molar-refractivity contribution in [3.05, 3.63) is 29.8 Å². The van der Waals surface area contributed by atoms with E-state index >= 15 is 0 Å². The minimum absolute atomic E-state index is 0.114. The summed E-state index contributed by atoms with van der Waals surface area (Å²) in [5, 5.41) is 5.96. The number of urea groups is 1. The number of nitrogens with one attached hydrogen (secondary N) is 2. The van der Waals surface area contributed by atoms with Gasteiger partial charge in [0.2, 0.25) is 0 Å². The molecule has 1 aliphatic rings. The summed E-state index contributed by atoms with van der Waals surface area (Å²) in [5.41, 5.74) is 7.41. The standard InChI is InChI=1S/C16H25N3O/c1-11-7-12(2)9-15(8-11)19-16(20)18-14-5-3-13(10-17)4-6-14/h3-6,11-12,15H,7-10,17H2,1-2H3,(H2,18,19,20). The zero-order valence-corrected chi connectivity index (χ0v) is 12.4. The Kier molecular flexibility index (Phi) is 5.01. The fraction of sp³-hybridized carbons (Fsp3) is 0.562. The van der Waals surface area contributed by atoms with Crippen LogP contribution < -0.4 is 16.4 Å². The van der Waals surface area contributed by atoms with Crippen LogP contribution in [0.1, 0.15) is 38.7 Å². The highest BCUT2D eigenvalue weighted by molar-refractivity contribution is 5.89. The van der Waals surface area contributed by atoms with E-state index in [0.717, 1.165) is 24.1 Å². The average molecular weight is 275 g/mol. The molecule has 1 aromatic carbocycles. The molecule has 1 fully saturated rings. The minimum Gasteiger partial charge on any atom is -0.335 e. The van der Waals surface area contributed by atoms with Gasteiger partial charge >= 0.3 is 6.03 Å². The van der Waals surface area contributed by atoms with Crippen molar-refractivity contribution < 1.29 is 4.79 Å². The molecule has 4 heteroatoms. The maximum absolute atomic E-state index is 12.0. The molecular formula is C16H25N3O. The maximum atomic E-state index is 12.0. The fourth-order valence-electron chi connectivity index (χ4n) is 3.14. The fourth-order valence-corrected chi connectivity index (χ4v) is 3.14. The van der Waals surface area contributed by atoms with Crippen LogP contribution in [0.4, 0.5) is 10.5 Å². The summed E-state index contributed by atoms with van der Waals surface area (Å²) in [6, 6.07) is 7.80. The summed E-state index contributed by atoms with van der Waals surface area (Å²) in [6.07, 6.45) is 3.41. The number of hydrogen-bond acceptors (Lipinski definition) is 2. The van der Waals surface area contributed by atoms with Gasteiger partial charge in [0.25, 0.3) is 0 Å². The first kappa shape index (κ1) is 14.9. The summed E-state index contributed by atoms with van der Waals surface area (Å²) in [5.74, 6) is 1.38. The van der Waals surface area contributed by atoms with Gasteiger partial charge in [0.15, 0.2) is 0 Å². The van der Waals surface area contributed by atoms with Gasteiger partial charge in [0, 0.05) is 18.3 Å². The van der Waals surface area contributed by atoms with Gasteiger partial charge in [-0.05, 0) is 48.8 Å². The highest BCUT2D eigenvalue weighted by Crippen LogP contribution is 2.28. The van der Waals surface area contributed by atoms with E-state index in [2.05, 4.69) is 24.5 Å². The Bertz CT molecular complexity index is 434. The molecule has 1 aromatic rings. The van der Waals surface area contributed by atoms with E-state index in [1.165, 1.54) is 6.42 Å². The van der Waals surface area contributed by atoms with Crippen LogP contribution in [0.25, 0.3) is 0 Å². The monoisotopic (exact) mass is 275 g/mol. The predicted octanol–water partition coefficient (Wildman–Crippen LogP) is 3.09. The Balaban J connectivity index is 1.85. The van der Waals surface area contributed by atoms with E-state index in [1.807, 2.05) is 24.3 Å². The van der Waals surface area contributed by atoms with E-state index in [4.69, 9.17) is 5.73 Å². The van der Waals surface area contributed by atoms with Gasteiger partial charge in [-0.25, -0.2) is 4.79 Å². The summed E-state index contributed by atoms with van der Waals surface area (Å²) < 4.78 is 0. The largest absolute Gasteiger partial charge is 0.335 e. The van der Waals surface area contributed by atoms with Crippen LogP contribution in [0.5, 0.6) is 0 Å². The van der Waals surface area contributed by atoms with E-state index < -0.39 is 0 Å². The van der Waals surface area contributed by atoms with Gasteiger partial charge in [-0.3, -0.25) is 0 Å². The molecule has 20 heavy (non-hydrogen) atoms. The zero-order valence-electron chi connectivity index (χ0n) is 12.4. The molecule has 4 N–H and O–H groups in total. The lowest BCUT2D eigenvalue weighted by Gasteiger charge is -2.31. The summed E-state index contributed by atoms with van der Waals surface area (Å²) in [6.45, 7) is 5.03. The Labute approximate surface area is 121 Å². The van der Waals surface area contributed by atoms with Gasteiger partial charge in [-0.2, -0.15) is 0 Å². The molecule has 0 heterocycles. The van der Waals surface area contributed by atoms with Crippen molar-refractivity contribution in [2.24, 2.45) is 17.6 Å². The number of hydrogen-bond donors (Lipinski definition) is 3. The number of benzene rings is 1. The Morgan fingerprint density at radius 1 is 1.15 bits per heavy atom. The van der Waals surface area contributed by atoms with Crippen LogP contribution in [-0.2, 0) is 6.54 Å². The molecule has 0 radical (unpaired) electrons. The van der Waals surface area contributed by atoms with Crippen molar-refractivity contribution in [2.75, 3.05) is 5.32 Å². The van der Waals surface area contributed by atoms with Gasteiger partial charge < -0.3 is 16.4 Å². The average Bonchev–Trinajstić information content (AvgIpc) is 2.38. The van der Waals surface area contributed by atoms with E-state index in [-0.39, 0.29) is 12.1 Å². The molecule has 0 bridgehead atoms. The van der Waals surface area contributed by atoms with Crippen LogP contribution in [0.2, 0.25) is 0 Å². The molecular weight excluding hydrogens is 250 g/mol. The van der Waals surface area contributed by atoms with Crippen molar-refractivity contribution in [1.82, 2.24) is 5.32 Å². The second-order valence-electron chi connectivity index (χ2n) is 6.11. The predicted molar refractivity (Wildman–Crippen MR) is 82.5 cm³/mol. The van der Waals surface area contributed by atoms with Crippen molar-refractivity contribution >= 4 is 11.7 Å². The third kappa shape index (κ3) is 4.23. The second-order valence-corrected chi connectivity index (χ2v) is 6.11. The van der Waals surface area contributed by atoms with Crippen LogP contribution in [0.3, 0.4) is 0 Å². The third-order valence-electron chi connectivity index (χ3n) is 3.96. The minimum atomic E-state index is -0.114. The second kappa shape index (κ2) is 6.75. The molecule has 110 valence electrons. The molecule has 2 rings (SSSR count). The van der Waals surface area contributed by atoms with Crippen LogP contribution in [0.15, 0.2) is 24.3 Å². The quantitative estimate of drug-likeness (QED) is 0.793. The number of amides is 2. The van der Waals surface area contributed by atoms with Crippen LogP contribution in [0, 0.1) is 11.8 Å². The topological polar surface area (TPSA) is 67.2 Å². The molecule has 2 amide bonds. The normalized spacial score (nSPS) is 26.1. The summed E-state index contributed by atoms with van der Waals surface area (Å²) in [7, 11) is 0. The zero-order chi connectivity index (χ0) is 14.5. The highest BCUT2D eigenvalue weighted by Gasteiger charge is 2.24. The van der Waals surface area contributed by atoms with E-state index in [1.54, 1.807) is 0 Å². The van der Waals surface area contributed by atoms with Crippen molar-refractivity contribution in [2.45, 2.75) is 45.7 Å². The van der Waals surface area contributed by atoms with Crippen molar-refractivity contribution in [3.63, 3.8) is 0 Å². The number of rotatable bonds is 3. The van der Waals surface area contributed by atoms with Crippen LogP contribution in [-0.4, -0.2) is 12.1 Å². The maximum Gasteiger partial charge on any atom is 0.319 e. The molecule has 0 aromatic heterocycles. The lowest BCUT2D eigenvalue weighted by molar-refractivity contribution is 0.222. The molecule has 4 nitrogen and oxygen atoms in total. The number of carbonyl (C=O) groups is 1. The SMILES string of the molecule is CC1CC(C)CC(NC(=O)Nc2ccc(CN)cc2)C1. The summed E-state index contributed by atoms with van der Waals surface area (Å²) >= 11 is 0. The molecule has 2 unspecified atom stereocenters. The Morgan fingerprint density at radius 2 is 1.75 bits per heavy atom. The molecule has 0 saturated heterocycles. The van der Waals surface area contributed by atoms with Gasteiger partial charge in [0.1, 0.15) is 0 Å². The van der Waals surface area contributed by atoms with Crippen LogP contribution >= 0.6 is 0 Å². The first-order valence-corrected chi connectivity index (χ1v) is 7.43. The smallest absolute Gasteiger partial charge is 0.319 e. The van der Waals surface area contributed by atoms with Crippen molar-refractivity contribution in [1.29, 1.82) is 0 Å². The van der Waals surface area contributed by atoms with Gasteiger partial charge in [-0.1, -0.05) is 26.0 Å². The van der Waals surface area contributed by atoms with E-state index in [9.17, 15) is 4.79 Å². The molecule has 2 atom stereocenters. The highest BCUT2D eigenvalue weighted by atomic mass is 16.2. The van der Waals surface area contributed by atoms with Gasteiger partial charge in [-0.15, -0.1) is 0 Å². The number of anilines is 1. The van der Waals surface area contributed by atoms with Gasteiger partial charge in [0.05, 0.1) is 0 Å². The Hall–Kier alpha value is -1.55. The molecule has 0 aliphatic heterocycles. The molecule has 0 spiro atoms. The van der Waals surface area contributed by atoms with Crippen molar-refractivity contribution in [3.8, 4) is 0 Å². The Morgan fingerprint density at radius 3 is 2.30 bits per heavy atom. The third-order valence-corrected chi connectivity index (χ3v) is 3.96.